The molecule has 1 fully saturated rings. The van der Waals surface area contributed by atoms with E-state index in [0.717, 1.165) is 18.4 Å². The zero-order valence-electron chi connectivity index (χ0n) is 20.0. The van der Waals surface area contributed by atoms with Crippen LogP contribution in [0.3, 0.4) is 0 Å². The van der Waals surface area contributed by atoms with Crippen LogP contribution in [0.15, 0.2) is 60.7 Å². The lowest BCUT2D eigenvalue weighted by Gasteiger charge is -2.44. The smallest absolute Gasteiger partial charge is 0.269 e. The van der Waals surface area contributed by atoms with E-state index >= 15 is 0 Å². The number of hydrogen-bond donors (Lipinski definition) is 1. The van der Waals surface area contributed by atoms with Gasteiger partial charge in [0.1, 0.15) is 0 Å². The first-order chi connectivity index (χ1) is 17.6. The summed E-state index contributed by atoms with van der Waals surface area (Å²) in [5.74, 6) is 0. The lowest BCUT2D eigenvalue weighted by atomic mass is 9.88. The molecule has 1 N–H and O–H groups in total. The number of aryl methyl sites for hydroxylation is 1. The fraction of sp³-hybridized carbons (Fsp3) is 0.296. The SMILES string of the molecule is Cc1cc(Cl)c(Cl)cc1C(OCC1(CO)CC1)(c1ccc(Cl)cc1)N(C=O)Cc1ccc([N+](=O)[O-])cc1. The Balaban J connectivity index is 1.91. The van der Waals surface area contributed by atoms with Crippen LogP contribution in [0.4, 0.5) is 5.69 Å². The Morgan fingerprint density at radius 2 is 1.70 bits per heavy atom. The van der Waals surface area contributed by atoms with Crippen LogP contribution in [-0.2, 0) is 21.8 Å². The Kier molecular flexibility index (Phi) is 8.11. The first-order valence-electron chi connectivity index (χ1n) is 11.6. The molecule has 1 atom stereocenters. The van der Waals surface area contributed by atoms with Gasteiger partial charge in [0.05, 0.1) is 28.2 Å². The van der Waals surface area contributed by atoms with E-state index in [4.69, 9.17) is 39.5 Å². The molecule has 4 rings (SSSR count). The zero-order valence-corrected chi connectivity index (χ0v) is 22.3. The van der Waals surface area contributed by atoms with Crippen LogP contribution in [0, 0.1) is 22.5 Å². The van der Waals surface area contributed by atoms with Crippen molar-refractivity contribution in [3.63, 3.8) is 0 Å². The summed E-state index contributed by atoms with van der Waals surface area (Å²) in [5, 5.41) is 22.3. The summed E-state index contributed by atoms with van der Waals surface area (Å²) in [4.78, 5) is 24.9. The summed E-state index contributed by atoms with van der Waals surface area (Å²) in [5.41, 5.74) is 0.657. The van der Waals surface area contributed by atoms with Gasteiger partial charge >= 0.3 is 0 Å². The molecule has 1 amide bonds. The molecule has 1 unspecified atom stereocenters. The molecule has 1 saturated carbocycles. The van der Waals surface area contributed by atoms with Crippen LogP contribution in [0.5, 0.6) is 0 Å². The quantitative estimate of drug-likeness (QED) is 0.124. The Bertz CT molecular complexity index is 1300. The third-order valence-electron chi connectivity index (χ3n) is 6.78. The summed E-state index contributed by atoms with van der Waals surface area (Å²) in [6.45, 7) is 2.04. The maximum atomic E-state index is 12.8. The van der Waals surface area contributed by atoms with E-state index in [1.54, 1.807) is 48.5 Å². The molecule has 0 radical (unpaired) electrons. The van der Waals surface area contributed by atoms with E-state index in [2.05, 4.69) is 0 Å². The molecule has 0 spiro atoms. The lowest BCUT2D eigenvalue weighted by molar-refractivity contribution is -0.384. The predicted octanol–water partition coefficient (Wildman–Crippen LogP) is 6.51. The van der Waals surface area contributed by atoms with Crippen LogP contribution < -0.4 is 0 Å². The number of nitrogens with zero attached hydrogens (tertiary/aromatic N) is 2. The van der Waals surface area contributed by atoms with Crippen LogP contribution in [0.25, 0.3) is 0 Å². The van der Waals surface area contributed by atoms with Crippen molar-refractivity contribution >= 4 is 46.9 Å². The number of hydrogen-bond acceptors (Lipinski definition) is 5. The lowest BCUT2D eigenvalue weighted by Crippen LogP contribution is -2.49. The third kappa shape index (κ3) is 5.61. The number of ether oxygens (including phenoxy) is 1. The Labute approximate surface area is 229 Å². The van der Waals surface area contributed by atoms with Gasteiger partial charge in [-0.1, -0.05) is 59.1 Å². The molecular weight excluding hydrogens is 539 g/mol. The van der Waals surface area contributed by atoms with Crippen molar-refractivity contribution in [3.8, 4) is 0 Å². The van der Waals surface area contributed by atoms with E-state index in [1.807, 2.05) is 6.92 Å². The van der Waals surface area contributed by atoms with Gasteiger partial charge in [-0.3, -0.25) is 14.9 Å². The van der Waals surface area contributed by atoms with E-state index in [-0.39, 0.29) is 30.5 Å². The highest BCUT2D eigenvalue weighted by Gasteiger charge is 2.49. The Hall–Kier alpha value is -2.68. The van der Waals surface area contributed by atoms with Crippen molar-refractivity contribution in [3.05, 3.63) is 108 Å². The van der Waals surface area contributed by atoms with Crippen molar-refractivity contribution in [1.29, 1.82) is 0 Å². The maximum absolute atomic E-state index is 12.8. The fourth-order valence-corrected chi connectivity index (χ4v) is 4.84. The molecule has 0 aromatic heterocycles. The standard InChI is InChI=1S/C27H25Cl3N2O5/c1-18-12-24(29)25(30)13-23(18)27(20-4-6-21(28)7-5-20,37-16-26(15-33)10-11-26)31(17-34)14-19-2-8-22(9-3-19)32(35)36/h2-9,12-13,17,33H,10-11,14-16H2,1H3. The van der Waals surface area contributed by atoms with E-state index < -0.39 is 16.1 Å². The molecule has 10 heteroatoms. The number of carbonyl (C=O) groups is 1. The molecular formula is C27H25Cl3N2O5. The number of amides is 1. The molecule has 3 aromatic carbocycles. The van der Waals surface area contributed by atoms with Gasteiger partial charge in [-0.05, 0) is 55.2 Å². The van der Waals surface area contributed by atoms with Gasteiger partial charge in [-0.25, -0.2) is 0 Å². The summed E-state index contributed by atoms with van der Waals surface area (Å²) >= 11 is 19.0. The average Bonchev–Trinajstić information content (AvgIpc) is 3.67. The van der Waals surface area contributed by atoms with E-state index in [1.165, 1.54) is 17.0 Å². The molecule has 3 aromatic rings. The Morgan fingerprint density at radius 1 is 1.08 bits per heavy atom. The number of halogens is 3. The highest BCUT2D eigenvalue weighted by molar-refractivity contribution is 6.42. The van der Waals surface area contributed by atoms with Gasteiger partial charge in [-0.2, -0.15) is 0 Å². The molecule has 194 valence electrons. The second kappa shape index (κ2) is 11.0. The number of aliphatic hydroxyl groups is 1. The molecule has 1 aliphatic rings. The molecule has 0 aliphatic heterocycles. The van der Waals surface area contributed by atoms with E-state index in [9.17, 15) is 20.0 Å². The minimum Gasteiger partial charge on any atom is -0.396 e. The second-order valence-electron chi connectivity index (χ2n) is 9.34. The van der Waals surface area contributed by atoms with E-state index in [0.29, 0.717) is 33.1 Å². The predicted molar refractivity (Wildman–Crippen MR) is 143 cm³/mol. The normalized spacial score (nSPS) is 15.6. The highest BCUT2D eigenvalue weighted by atomic mass is 35.5. The molecule has 1 aliphatic carbocycles. The van der Waals surface area contributed by atoms with Crippen molar-refractivity contribution < 1.29 is 19.6 Å². The Morgan fingerprint density at radius 3 is 2.24 bits per heavy atom. The number of nitro benzene ring substituents is 1. The largest absolute Gasteiger partial charge is 0.396 e. The summed E-state index contributed by atoms with van der Waals surface area (Å²) in [6.07, 6.45) is 2.27. The number of nitro groups is 1. The molecule has 37 heavy (non-hydrogen) atoms. The van der Waals surface area contributed by atoms with Crippen molar-refractivity contribution in [1.82, 2.24) is 4.90 Å². The van der Waals surface area contributed by atoms with Crippen LogP contribution in [0.2, 0.25) is 15.1 Å². The summed E-state index contributed by atoms with van der Waals surface area (Å²) in [6, 6.07) is 16.3. The minimum absolute atomic E-state index is 0.0481. The summed E-state index contributed by atoms with van der Waals surface area (Å²) < 4.78 is 6.70. The molecule has 0 bridgehead atoms. The number of non-ortho nitro benzene ring substituents is 1. The molecule has 7 nitrogen and oxygen atoms in total. The average molecular weight is 564 g/mol. The highest BCUT2D eigenvalue weighted by Crippen LogP contribution is 2.49. The maximum Gasteiger partial charge on any atom is 0.269 e. The minimum atomic E-state index is -1.48. The van der Waals surface area contributed by atoms with Gasteiger partial charge in [-0.15, -0.1) is 0 Å². The van der Waals surface area contributed by atoms with Gasteiger partial charge in [0, 0.05) is 40.2 Å². The second-order valence-corrected chi connectivity index (χ2v) is 10.6. The number of benzene rings is 3. The van der Waals surface area contributed by atoms with Crippen LogP contribution >= 0.6 is 34.8 Å². The summed E-state index contributed by atoms with van der Waals surface area (Å²) in [7, 11) is 0. The zero-order chi connectivity index (χ0) is 26.8. The number of carbonyl (C=O) groups excluding carboxylic acids is 1. The van der Waals surface area contributed by atoms with Gasteiger partial charge in [0.15, 0.2) is 5.72 Å². The van der Waals surface area contributed by atoms with Crippen molar-refractivity contribution in [2.45, 2.75) is 32.0 Å². The van der Waals surface area contributed by atoms with Gasteiger partial charge in [0.2, 0.25) is 6.41 Å². The van der Waals surface area contributed by atoms with Crippen molar-refractivity contribution in [2.24, 2.45) is 5.41 Å². The fourth-order valence-electron chi connectivity index (χ4n) is 4.33. The first kappa shape index (κ1) is 27.4. The van der Waals surface area contributed by atoms with Crippen LogP contribution in [-0.4, -0.2) is 34.6 Å². The monoisotopic (exact) mass is 562 g/mol. The van der Waals surface area contributed by atoms with Crippen molar-refractivity contribution in [2.75, 3.05) is 13.2 Å². The van der Waals surface area contributed by atoms with Crippen LogP contribution in [0.1, 0.15) is 35.1 Å². The molecule has 0 saturated heterocycles. The number of rotatable bonds is 11. The first-order valence-corrected chi connectivity index (χ1v) is 12.7. The van der Waals surface area contributed by atoms with Gasteiger partial charge in [0.25, 0.3) is 5.69 Å². The molecule has 0 heterocycles. The topological polar surface area (TPSA) is 92.9 Å². The third-order valence-corrected chi connectivity index (χ3v) is 7.75. The number of aliphatic hydroxyl groups excluding tert-OH is 1. The van der Waals surface area contributed by atoms with Gasteiger partial charge < -0.3 is 14.7 Å².